The molecule has 3 N–H and O–H groups in total. The van der Waals surface area contributed by atoms with Crippen molar-refractivity contribution in [1.29, 1.82) is 0 Å². The predicted octanol–water partition coefficient (Wildman–Crippen LogP) is 1.99. The molecule has 4 nitrogen and oxygen atoms in total. The highest BCUT2D eigenvalue weighted by molar-refractivity contribution is 7.12. The number of aromatic nitrogens is 1. The molecule has 0 aromatic carbocycles. The Morgan fingerprint density at radius 2 is 2.25 bits per heavy atom. The van der Waals surface area contributed by atoms with Gasteiger partial charge in [-0.2, -0.15) is 0 Å². The van der Waals surface area contributed by atoms with Crippen LogP contribution < -0.4 is 11.3 Å². The minimum absolute atomic E-state index is 0.432. The number of thiazole rings is 1. The topological polar surface area (TPSA) is 63.3 Å². The molecule has 0 atom stereocenters. The molecule has 0 aliphatic heterocycles. The van der Waals surface area contributed by atoms with Gasteiger partial charge in [-0.05, 0) is 19.8 Å². The molecule has 1 aliphatic rings. The van der Waals surface area contributed by atoms with Gasteiger partial charge in [0, 0.05) is 0 Å². The summed E-state index contributed by atoms with van der Waals surface area (Å²) in [5, 5.41) is 0. The number of nitrogens with zero attached hydrogens (tertiary/aromatic N) is 2. The van der Waals surface area contributed by atoms with Crippen molar-refractivity contribution in [2.24, 2.45) is 10.8 Å². The van der Waals surface area contributed by atoms with Gasteiger partial charge in [-0.15, -0.1) is 11.3 Å². The first-order valence-corrected chi connectivity index (χ1v) is 6.64. The Balaban J connectivity index is 2.15. The lowest BCUT2D eigenvalue weighted by atomic mass is 9.96. The zero-order chi connectivity index (χ0) is 11.4. The van der Waals surface area contributed by atoms with Gasteiger partial charge < -0.3 is 5.43 Å². The summed E-state index contributed by atoms with van der Waals surface area (Å²) in [5.74, 6) is 6.35. The average Bonchev–Trinajstić information content (AvgIpc) is 2.74. The van der Waals surface area contributed by atoms with E-state index in [-0.39, 0.29) is 0 Å². The standard InChI is InChI=1S/C11H18N4S/c1-8-10(16-7-13-8)11(15-12)14-9-5-3-2-4-6-9/h7,9H,2-6,12H2,1H3,(H,14,15). The molecule has 16 heavy (non-hydrogen) atoms. The Morgan fingerprint density at radius 1 is 1.50 bits per heavy atom. The molecule has 1 aliphatic carbocycles. The molecule has 2 rings (SSSR count). The fourth-order valence-corrected chi connectivity index (χ4v) is 2.85. The molecule has 1 heterocycles. The Hall–Kier alpha value is -0.940. The molecule has 0 radical (unpaired) electrons. The van der Waals surface area contributed by atoms with Gasteiger partial charge >= 0.3 is 0 Å². The van der Waals surface area contributed by atoms with E-state index in [0.29, 0.717) is 6.04 Å². The Labute approximate surface area is 100.0 Å². The van der Waals surface area contributed by atoms with Crippen molar-refractivity contribution in [2.75, 3.05) is 0 Å². The number of hydrazine groups is 1. The Bertz CT molecular complexity index is 366. The van der Waals surface area contributed by atoms with Crippen LogP contribution in [0.25, 0.3) is 0 Å². The first-order valence-electron chi connectivity index (χ1n) is 5.76. The highest BCUT2D eigenvalue weighted by atomic mass is 32.1. The van der Waals surface area contributed by atoms with Crippen molar-refractivity contribution in [3.8, 4) is 0 Å². The SMILES string of the molecule is Cc1ncsc1C(=NC1CCCCC1)NN. The number of hydrogen-bond donors (Lipinski definition) is 2. The van der Waals surface area contributed by atoms with Crippen LogP contribution in [0.15, 0.2) is 10.5 Å². The summed E-state index contributed by atoms with van der Waals surface area (Å²) in [4.78, 5) is 9.99. The third kappa shape index (κ3) is 2.59. The summed E-state index contributed by atoms with van der Waals surface area (Å²) in [5.41, 5.74) is 5.54. The third-order valence-corrected chi connectivity index (χ3v) is 3.92. The van der Waals surface area contributed by atoms with Crippen molar-refractivity contribution < 1.29 is 0 Å². The molecule has 5 heteroatoms. The summed E-state index contributed by atoms with van der Waals surface area (Å²) < 4.78 is 0. The maximum absolute atomic E-state index is 5.55. The second-order valence-corrected chi connectivity index (χ2v) is 5.04. The lowest BCUT2D eigenvalue weighted by Gasteiger charge is -2.18. The molecule has 1 aromatic rings. The maximum atomic E-state index is 5.55. The van der Waals surface area contributed by atoms with E-state index >= 15 is 0 Å². The number of aryl methyl sites for hydroxylation is 1. The predicted molar refractivity (Wildman–Crippen MR) is 67.6 cm³/mol. The van der Waals surface area contributed by atoms with E-state index in [9.17, 15) is 0 Å². The van der Waals surface area contributed by atoms with Gasteiger partial charge in [0.25, 0.3) is 0 Å². The van der Waals surface area contributed by atoms with Gasteiger partial charge in [-0.25, -0.2) is 10.8 Å². The molecule has 0 spiro atoms. The van der Waals surface area contributed by atoms with Crippen LogP contribution in [0.2, 0.25) is 0 Å². The molecule has 0 amide bonds. The van der Waals surface area contributed by atoms with E-state index in [2.05, 4.69) is 10.4 Å². The molecular weight excluding hydrogens is 220 g/mol. The molecule has 0 unspecified atom stereocenters. The molecule has 1 saturated carbocycles. The minimum atomic E-state index is 0.432. The van der Waals surface area contributed by atoms with E-state index in [1.807, 2.05) is 12.4 Å². The smallest absolute Gasteiger partial charge is 0.154 e. The van der Waals surface area contributed by atoms with Gasteiger partial charge in [0.05, 0.1) is 22.1 Å². The van der Waals surface area contributed by atoms with Crippen LogP contribution in [0.5, 0.6) is 0 Å². The second-order valence-electron chi connectivity index (χ2n) is 4.18. The van der Waals surface area contributed by atoms with E-state index in [4.69, 9.17) is 10.8 Å². The van der Waals surface area contributed by atoms with Crippen LogP contribution >= 0.6 is 11.3 Å². The van der Waals surface area contributed by atoms with Gasteiger partial charge in [0.2, 0.25) is 0 Å². The number of amidine groups is 1. The first kappa shape index (κ1) is 11.5. The lowest BCUT2D eigenvalue weighted by Crippen LogP contribution is -2.32. The first-order chi connectivity index (χ1) is 7.81. The lowest BCUT2D eigenvalue weighted by molar-refractivity contribution is 0.442. The number of hydrogen-bond acceptors (Lipinski definition) is 4. The quantitative estimate of drug-likeness (QED) is 0.358. The number of nitrogens with one attached hydrogen (secondary N) is 1. The van der Waals surface area contributed by atoms with Gasteiger partial charge in [0.15, 0.2) is 5.84 Å². The van der Waals surface area contributed by atoms with E-state index in [1.165, 1.54) is 32.1 Å². The number of aliphatic imine (C=N–C) groups is 1. The number of rotatable bonds is 2. The molecular formula is C11H18N4S. The zero-order valence-electron chi connectivity index (χ0n) is 9.57. The molecule has 1 fully saturated rings. The highest BCUT2D eigenvalue weighted by Gasteiger charge is 2.15. The largest absolute Gasteiger partial charge is 0.308 e. The Morgan fingerprint density at radius 3 is 2.81 bits per heavy atom. The molecule has 0 bridgehead atoms. The summed E-state index contributed by atoms with van der Waals surface area (Å²) in [6.45, 7) is 1.99. The van der Waals surface area contributed by atoms with Crippen molar-refractivity contribution in [3.05, 3.63) is 16.1 Å². The van der Waals surface area contributed by atoms with Crippen molar-refractivity contribution in [1.82, 2.24) is 10.4 Å². The van der Waals surface area contributed by atoms with E-state index in [1.54, 1.807) is 11.3 Å². The molecule has 0 saturated heterocycles. The van der Waals surface area contributed by atoms with Gasteiger partial charge in [0.1, 0.15) is 0 Å². The molecule has 88 valence electrons. The zero-order valence-corrected chi connectivity index (χ0v) is 10.4. The normalized spacial score (nSPS) is 18.8. The van der Waals surface area contributed by atoms with Crippen LogP contribution in [0.1, 0.15) is 42.7 Å². The van der Waals surface area contributed by atoms with Crippen LogP contribution in [0, 0.1) is 6.92 Å². The van der Waals surface area contributed by atoms with Crippen molar-refractivity contribution in [3.63, 3.8) is 0 Å². The fourth-order valence-electron chi connectivity index (χ4n) is 2.08. The van der Waals surface area contributed by atoms with Crippen LogP contribution in [0.3, 0.4) is 0 Å². The second kappa shape index (κ2) is 5.41. The third-order valence-electron chi connectivity index (χ3n) is 2.98. The summed E-state index contributed by atoms with van der Waals surface area (Å²) in [7, 11) is 0. The highest BCUT2D eigenvalue weighted by Crippen LogP contribution is 2.21. The van der Waals surface area contributed by atoms with Crippen LogP contribution in [-0.4, -0.2) is 16.9 Å². The molecule has 1 aromatic heterocycles. The van der Waals surface area contributed by atoms with Crippen molar-refractivity contribution >= 4 is 17.2 Å². The minimum Gasteiger partial charge on any atom is -0.308 e. The van der Waals surface area contributed by atoms with Gasteiger partial charge in [-0.3, -0.25) is 4.99 Å². The average molecular weight is 238 g/mol. The van der Waals surface area contributed by atoms with Crippen LogP contribution in [-0.2, 0) is 0 Å². The summed E-state index contributed by atoms with van der Waals surface area (Å²) in [6, 6.07) is 0.432. The fraction of sp³-hybridized carbons (Fsp3) is 0.636. The number of nitrogens with two attached hydrogens (primary N) is 1. The summed E-state index contributed by atoms with van der Waals surface area (Å²) in [6.07, 6.45) is 6.28. The Kier molecular flexibility index (Phi) is 3.90. The van der Waals surface area contributed by atoms with Crippen LogP contribution in [0.4, 0.5) is 0 Å². The van der Waals surface area contributed by atoms with E-state index < -0.39 is 0 Å². The van der Waals surface area contributed by atoms with E-state index in [0.717, 1.165) is 16.4 Å². The van der Waals surface area contributed by atoms with Crippen molar-refractivity contribution in [2.45, 2.75) is 45.1 Å². The summed E-state index contributed by atoms with van der Waals surface area (Å²) >= 11 is 1.59. The monoisotopic (exact) mass is 238 g/mol. The maximum Gasteiger partial charge on any atom is 0.154 e. The van der Waals surface area contributed by atoms with Gasteiger partial charge in [-0.1, -0.05) is 19.3 Å².